The summed E-state index contributed by atoms with van der Waals surface area (Å²) in [6.45, 7) is 12.0. The monoisotopic (exact) mass is 236 g/mol. The third-order valence-electron chi connectivity index (χ3n) is 5.94. The first-order chi connectivity index (χ1) is 7.85. The molecule has 96 valence electrons. The van der Waals surface area contributed by atoms with E-state index >= 15 is 0 Å². The Balaban J connectivity index is 1.69. The summed E-state index contributed by atoms with van der Waals surface area (Å²) in [6, 6.07) is 0.573. The van der Waals surface area contributed by atoms with Gasteiger partial charge in [0.15, 0.2) is 0 Å². The fraction of sp³-hybridized carbons (Fsp3) is 0.929. The van der Waals surface area contributed by atoms with Crippen molar-refractivity contribution in [3.05, 3.63) is 0 Å². The molecular formula is C14H24N2O. The van der Waals surface area contributed by atoms with Gasteiger partial charge in [0.05, 0.1) is 0 Å². The van der Waals surface area contributed by atoms with Gasteiger partial charge in [-0.3, -0.25) is 4.79 Å². The number of rotatable bonds is 1. The van der Waals surface area contributed by atoms with E-state index in [1.54, 1.807) is 0 Å². The maximum atomic E-state index is 12.6. The molecule has 0 aromatic rings. The number of amides is 1. The normalized spacial score (nSPS) is 38.2. The Morgan fingerprint density at radius 3 is 2.35 bits per heavy atom. The van der Waals surface area contributed by atoms with Gasteiger partial charge >= 0.3 is 0 Å². The first-order valence-corrected chi connectivity index (χ1v) is 6.88. The van der Waals surface area contributed by atoms with E-state index in [1.807, 2.05) is 0 Å². The van der Waals surface area contributed by atoms with Gasteiger partial charge in [0.2, 0.25) is 5.91 Å². The molecule has 2 atom stereocenters. The van der Waals surface area contributed by atoms with Gasteiger partial charge in [-0.1, -0.05) is 27.7 Å². The molecule has 3 nitrogen and oxygen atoms in total. The van der Waals surface area contributed by atoms with E-state index in [1.165, 1.54) is 6.42 Å². The predicted octanol–water partition coefficient (Wildman–Crippen LogP) is 1.49. The molecule has 3 heteroatoms. The molecule has 0 aromatic heterocycles. The van der Waals surface area contributed by atoms with E-state index in [9.17, 15) is 4.79 Å². The molecular weight excluding hydrogens is 212 g/mol. The van der Waals surface area contributed by atoms with Crippen LogP contribution >= 0.6 is 0 Å². The Bertz CT molecular complexity index is 335. The van der Waals surface area contributed by atoms with Crippen molar-refractivity contribution in [2.24, 2.45) is 22.7 Å². The molecule has 2 aliphatic heterocycles. The van der Waals surface area contributed by atoms with Crippen molar-refractivity contribution >= 4 is 5.91 Å². The minimum atomic E-state index is 0.176. The number of hydrogen-bond acceptors (Lipinski definition) is 2. The average Bonchev–Trinajstić information content (AvgIpc) is 2.64. The molecule has 3 fully saturated rings. The smallest absolute Gasteiger partial charge is 0.226 e. The van der Waals surface area contributed by atoms with Crippen molar-refractivity contribution in [3.8, 4) is 0 Å². The topological polar surface area (TPSA) is 32.3 Å². The second-order valence-corrected chi connectivity index (χ2v) is 7.23. The summed E-state index contributed by atoms with van der Waals surface area (Å²) in [5, 5.41) is 3.51. The number of fused-ring (bicyclic) bond motifs is 1. The van der Waals surface area contributed by atoms with Gasteiger partial charge in [-0.25, -0.2) is 0 Å². The third-order valence-corrected chi connectivity index (χ3v) is 5.94. The highest BCUT2D eigenvalue weighted by atomic mass is 16.2. The third kappa shape index (κ3) is 1.41. The largest absolute Gasteiger partial charge is 0.341 e. The lowest BCUT2D eigenvalue weighted by Crippen LogP contribution is -2.36. The van der Waals surface area contributed by atoms with Crippen molar-refractivity contribution in [2.75, 3.05) is 19.6 Å². The van der Waals surface area contributed by atoms with Crippen LogP contribution in [0.4, 0.5) is 0 Å². The summed E-state index contributed by atoms with van der Waals surface area (Å²) in [5.41, 5.74) is 0.352. The molecule has 0 unspecified atom stereocenters. The second kappa shape index (κ2) is 3.25. The Labute approximate surface area is 104 Å². The second-order valence-electron chi connectivity index (χ2n) is 7.23. The zero-order valence-corrected chi connectivity index (χ0v) is 11.4. The molecule has 1 saturated carbocycles. The SMILES string of the molecule is CC1(C)C(C(=O)N2C[C@@H]3CCN[C@@H]3C2)C1(C)C. The summed E-state index contributed by atoms with van der Waals surface area (Å²) in [4.78, 5) is 14.7. The number of carbonyl (C=O) groups is 1. The molecule has 0 aromatic carbocycles. The molecule has 1 amide bonds. The Hall–Kier alpha value is -0.570. The van der Waals surface area contributed by atoms with Crippen LogP contribution in [0.3, 0.4) is 0 Å². The summed E-state index contributed by atoms with van der Waals surface area (Å²) < 4.78 is 0. The number of hydrogen-bond donors (Lipinski definition) is 1. The lowest BCUT2D eigenvalue weighted by atomic mass is 10.0. The Morgan fingerprint density at radius 2 is 1.82 bits per heavy atom. The van der Waals surface area contributed by atoms with Gasteiger partial charge in [-0.15, -0.1) is 0 Å². The number of carbonyl (C=O) groups excluding carboxylic acids is 1. The predicted molar refractivity (Wildman–Crippen MR) is 67.5 cm³/mol. The van der Waals surface area contributed by atoms with Crippen LogP contribution in [0.25, 0.3) is 0 Å². The zero-order valence-electron chi connectivity index (χ0n) is 11.4. The van der Waals surface area contributed by atoms with Gasteiger partial charge < -0.3 is 10.2 Å². The van der Waals surface area contributed by atoms with Crippen molar-refractivity contribution in [1.82, 2.24) is 10.2 Å². The Morgan fingerprint density at radius 1 is 1.18 bits per heavy atom. The molecule has 2 heterocycles. The molecule has 1 N–H and O–H groups in total. The summed E-state index contributed by atoms with van der Waals surface area (Å²) in [7, 11) is 0. The van der Waals surface area contributed by atoms with E-state index in [0.717, 1.165) is 19.6 Å². The van der Waals surface area contributed by atoms with Crippen LogP contribution in [0.15, 0.2) is 0 Å². The van der Waals surface area contributed by atoms with Crippen LogP contribution in [0.1, 0.15) is 34.1 Å². The summed E-state index contributed by atoms with van der Waals surface area (Å²) >= 11 is 0. The van der Waals surface area contributed by atoms with E-state index in [2.05, 4.69) is 37.9 Å². The van der Waals surface area contributed by atoms with Gasteiger partial charge in [0.25, 0.3) is 0 Å². The summed E-state index contributed by atoms with van der Waals surface area (Å²) in [5.74, 6) is 1.34. The van der Waals surface area contributed by atoms with Crippen molar-refractivity contribution in [2.45, 2.75) is 40.2 Å². The van der Waals surface area contributed by atoms with E-state index < -0.39 is 0 Å². The number of nitrogens with zero attached hydrogens (tertiary/aromatic N) is 1. The van der Waals surface area contributed by atoms with Gasteiger partial charge in [-0.2, -0.15) is 0 Å². The number of nitrogens with one attached hydrogen (secondary N) is 1. The average molecular weight is 236 g/mol. The molecule has 0 spiro atoms. The molecule has 2 saturated heterocycles. The maximum Gasteiger partial charge on any atom is 0.226 e. The standard InChI is InChI=1S/C14H24N2O/c1-13(2)11(14(13,3)4)12(17)16-7-9-5-6-15-10(9)8-16/h9-11,15H,5-8H2,1-4H3/t9-,10+/m0/s1. The van der Waals surface area contributed by atoms with E-state index in [0.29, 0.717) is 17.9 Å². The van der Waals surface area contributed by atoms with Crippen LogP contribution in [-0.4, -0.2) is 36.5 Å². The molecule has 3 rings (SSSR count). The van der Waals surface area contributed by atoms with Gasteiger partial charge in [0, 0.05) is 25.0 Å². The number of likely N-dealkylation sites (tertiary alicyclic amines) is 1. The fourth-order valence-electron chi connectivity index (χ4n) is 4.03. The van der Waals surface area contributed by atoms with Crippen LogP contribution in [0.2, 0.25) is 0 Å². The highest BCUT2D eigenvalue weighted by Crippen LogP contribution is 2.68. The highest BCUT2D eigenvalue weighted by Gasteiger charge is 2.69. The van der Waals surface area contributed by atoms with Crippen molar-refractivity contribution in [3.63, 3.8) is 0 Å². The first kappa shape index (κ1) is 11.5. The highest BCUT2D eigenvalue weighted by molar-refractivity contribution is 5.84. The molecule has 0 bridgehead atoms. The lowest BCUT2D eigenvalue weighted by Gasteiger charge is -2.18. The summed E-state index contributed by atoms with van der Waals surface area (Å²) in [6.07, 6.45) is 1.24. The fourth-order valence-corrected chi connectivity index (χ4v) is 4.03. The molecule has 17 heavy (non-hydrogen) atoms. The van der Waals surface area contributed by atoms with Gasteiger partial charge in [-0.05, 0) is 29.7 Å². The van der Waals surface area contributed by atoms with E-state index in [-0.39, 0.29) is 16.7 Å². The lowest BCUT2D eigenvalue weighted by molar-refractivity contribution is -0.133. The minimum absolute atomic E-state index is 0.176. The first-order valence-electron chi connectivity index (χ1n) is 6.88. The maximum absolute atomic E-state index is 12.6. The van der Waals surface area contributed by atoms with Crippen molar-refractivity contribution in [1.29, 1.82) is 0 Å². The molecule has 1 aliphatic carbocycles. The van der Waals surface area contributed by atoms with Crippen LogP contribution in [-0.2, 0) is 4.79 Å². The van der Waals surface area contributed by atoms with Crippen LogP contribution in [0, 0.1) is 22.7 Å². The van der Waals surface area contributed by atoms with Crippen LogP contribution in [0.5, 0.6) is 0 Å². The Kier molecular flexibility index (Phi) is 2.20. The van der Waals surface area contributed by atoms with Crippen LogP contribution < -0.4 is 5.32 Å². The zero-order chi connectivity index (χ0) is 12.4. The van der Waals surface area contributed by atoms with E-state index in [4.69, 9.17) is 0 Å². The molecule has 3 aliphatic rings. The molecule has 0 radical (unpaired) electrons. The quantitative estimate of drug-likeness (QED) is 0.748. The van der Waals surface area contributed by atoms with Gasteiger partial charge in [0.1, 0.15) is 0 Å². The minimum Gasteiger partial charge on any atom is -0.341 e. The van der Waals surface area contributed by atoms with Crippen molar-refractivity contribution < 1.29 is 4.79 Å².